The summed E-state index contributed by atoms with van der Waals surface area (Å²) in [5, 5.41) is 10.3. The second-order valence-corrected chi connectivity index (χ2v) is 15.4. The first-order valence-electron chi connectivity index (χ1n) is 16.3. The van der Waals surface area contributed by atoms with E-state index < -0.39 is 25.4 Å². The smallest absolute Gasteiger partial charge is 0.311 e. The van der Waals surface area contributed by atoms with Crippen LogP contribution in [0.4, 0.5) is 0 Å². The largest absolute Gasteiger partial charge is 0.466 e. The van der Waals surface area contributed by atoms with Gasteiger partial charge in [0.2, 0.25) is 0 Å². The number of carbonyl (C=O) groups is 2. The molecule has 0 spiro atoms. The SMILES string of the molecule is CCOC(=O)C(C)(C)CCCCCCCC(C#N)(CCCCCCCC(C)(C)C(=O)OCC)S(=O)(=O)Cc1ccccc1. The summed E-state index contributed by atoms with van der Waals surface area (Å²) in [6.45, 7) is 12.0. The molecule has 0 aliphatic heterocycles. The first-order valence-corrected chi connectivity index (χ1v) is 17.9. The van der Waals surface area contributed by atoms with Crippen molar-refractivity contribution in [1.82, 2.24) is 0 Å². The fourth-order valence-corrected chi connectivity index (χ4v) is 7.38. The van der Waals surface area contributed by atoms with E-state index in [9.17, 15) is 23.3 Å². The molecular formula is C35H57NO6S. The van der Waals surface area contributed by atoms with E-state index in [1.165, 1.54) is 0 Å². The van der Waals surface area contributed by atoms with Gasteiger partial charge in [-0.2, -0.15) is 5.26 Å². The Labute approximate surface area is 262 Å². The average molecular weight is 620 g/mol. The van der Waals surface area contributed by atoms with Crippen LogP contribution in [-0.4, -0.2) is 38.3 Å². The van der Waals surface area contributed by atoms with Crippen molar-refractivity contribution in [3.05, 3.63) is 35.9 Å². The van der Waals surface area contributed by atoms with E-state index in [0.29, 0.717) is 44.5 Å². The summed E-state index contributed by atoms with van der Waals surface area (Å²) < 4.78 is 36.4. The van der Waals surface area contributed by atoms with Gasteiger partial charge >= 0.3 is 11.9 Å². The first-order chi connectivity index (χ1) is 20.3. The molecule has 8 heteroatoms. The summed E-state index contributed by atoms with van der Waals surface area (Å²) in [4.78, 5) is 24.2. The molecule has 0 radical (unpaired) electrons. The molecule has 1 aromatic carbocycles. The van der Waals surface area contributed by atoms with Gasteiger partial charge in [-0.1, -0.05) is 94.5 Å². The van der Waals surface area contributed by atoms with Gasteiger partial charge in [-0.25, -0.2) is 8.42 Å². The average Bonchev–Trinajstić information content (AvgIpc) is 2.95. The number of nitrogens with zero attached hydrogens (tertiary/aromatic N) is 1. The summed E-state index contributed by atoms with van der Waals surface area (Å²) in [6, 6.07) is 11.4. The second kappa shape index (κ2) is 19.1. The van der Waals surface area contributed by atoms with E-state index in [4.69, 9.17) is 9.47 Å². The van der Waals surface area contributed by atoms with Crippen molar-refractivity contribution >= 4 is 21.8 Å². The molecule has 43 heavy (non-hydrogen) atoms. The van der Waals surface area contributed by atoms with E-state index in [-0.39, 0.29) is 17.7 Å². The molecule has 0 aromatic heterocycles. The Morgan fingerprint density at radius 3 is 1.42 bits per heavy atom. The topological polar surface area (TPSA) is 111 Å². The predicted octanol–water partition coefficient (Wildman–Crippen LogP) is 8.50. The molecule has 0 fully saturated rings. The van der Waals surface area contributed by atoms with Gasteiger partial charge in [0.25, 0.3) is 0 Å². The van der Waals surface area contributed by atoms with Gasteiger partial charge in [-0.05, 0) is 72.8 Å². The van der Waals surface area contributed by atoms with Gasteiger partial charge in [0.15, 0.2) is 14.6 Å². The molecule has 244 valence electrons. The van der Waals surface area contributed by atoms with E-state index >= 15 is 0 Å². The van der Waals surface area contributed by atoms with Crippen molar-refractivity contribution < 1.29 is 27.5 Å². The molecule has 1 aromatic rings. The third-order valence-corrected chi connectivity index (χ3v) is 10.8. The molecule has 0 saturated heterocycles. The van der Waals surface area contributed by atoms with Crippen molar-refractivity contribution in [2.24, 2.45) is 10.8 Å². The molecule has 0 amide bonds. The molecule has 0 bridgehead atoms. The number of unbranched alkanes of at least 4 members (excludes halogenated alkanes) is 8. The van der Waals surface area contributed by atoms with Gasteiger partial charge in [0, 0.05) is 0 Å². The number of carbonyl (C=O) groups excluding carboxylic acids is 2. The molecule has 0 atom stereocenters. The number of nitriles is 1. The number of esters is 2. The number of hydrogen-bond acceptors (Lipinski definition) is 7. The van der Waals surface area contributed by atoms with Crippen LogP contribution in [0.25, 0.3) is 0 Å². The van der Waals surface area contributed by atoms with Gasteiger partial charge in [0.1, 0.15) is 0 Å². The van der Waals surface area contributed by atoms with Gasteiger partial charge in [-0.3, -0.25) is 9.59 Å². The maximum Gasteiger partial charge on any atom is 0.311 e. The lowest BCUT2D eigenvalue weighted by Gasteiger charge is -2.27. The summed E-state index contributed by atoms with van der Waals surface area (Å²) in [5.41, 5.74) is -0.307. The first kappa shape index (κ1) is 38.6. The summed E-state index contributed by atoms with van der Waals surface area (Å²) in [7, 11) is -3.71. The Bertz CT molecular complexity index is 1060. The van der Waals surface area contributed by atoms with Crippen LogP contribution >= 0.6 is 0 Å². The molecule has 0 heterocycles. The Morgan fingerprint density at radius 1 is 0.674 bits per heavy atom. The van der Waals surface area contributed by atoms with Gasteiger partial charge in [-0.15, -0.1) is 0 Å². The Balaban J connectivity index is 2.69. The Hall–Kier alpha value is -2.40. The lowest BCUT2D eigenvalue weighted by atomic mass is 9.86. The normalized spacial score (nSPS) is 12.5. The van der Waals surface area contributed by atoms with Crippen LogP contribution in [0.5, 0.6) is 0 Å². The second-order valence-electron chi connectivity index (χ2n) is 13.1. The Morgan fingerprint density at radius 2 is 1.05 bits per heavy atom. The highest BCUT2D eigenvalue weighted by Crippen LogP contribution is 2.34. The van der Waals surface area contributed by atoms with Crippen molar-refractivity contribution in [1.29, 1.82) is 5.26 Å². The van der Waals surface area contributed by atoms with E-state index in [1.54, 1.807) is 12.1 Å². The number of ether oxygens (including phenoxy) is 2. The summed E-state index contributed by atoms with van der Waals surface area (Å²) in [5.74, 6) is -0.469. The minimum atomic E-state index is -3.71. The maximum absolute atomic E-state index is 13.7. The minimum absolute atomic E-state index is 0.132. The number of benzene rings is 1. The number of sulfone groups is 1. The summed E-state index contributed by atoms with van der Waals surface area (Å²) >= 11 is 0. The molecule has 0 unspecified atom stereocenters. The third kappa shape index (κ3) is 13.4. The van der Waals surface area contributed by atoms with Crippen LogP contribution in [0.1, 0.15) is 137 Å². The van der Waals surface area contributed by atoms with Crippen LogP contribution in [0, 0.1) is 22.2 Å². The lowest BCUT2D eigenvalue weighted by molar-refractivity contribution is -0.154. The fraction of sp³-hybridized carbons (Fsp3) is 0.743. The monoisotopic (exact) mass is 619 g/mol. The highest BCUT2D eigenvalue weighted by atomic mass is 32.2. The van der Waals surface area contributed by atoms with Crippen LogP contribution in [0.2, 0.25) is 0 Å². The van der Waals surface area contributed by atoms with E-state index in [0.717, 1.165) is 64.2 Å². The lowest BCUT2D eigenvalue weighted by Crippen LogP contribution is -2.38. The van der Waals surface area contributed by atoms with Gasteiger partial charge < -0.3 is 9.47 Å². The minimum Gasteiger partial charge on any atom is -0.466 e. The zero-order valence-corrected chi connectivity index (χ0v) is 28.5. The standard InChI is InChI=1S/C35H57NO6S/c1-7-41-31(37)33(3,4)24-18-11-9-13-20-26-35(29-36,43(39,40)28-30-22-16-15-17-23-30)27-21-14-10-12-19-25-34(5,6)32(38)42-8-2/h15-17,22-23H,7-14,18-21,24-28H2,1-6H3. The van der Waals surface area contributed by atoms with Crippen molar-refractivity contribution in [3.8, 4) is 6.07 Å². The van der Waals surface area contributed by atoms with Crippen LogP contribution in [0.15, 0.2) is 30.3 Å². The molecule has 0 aliphatic carbocycles. The number of hydrogen-bond donors (Lipinski definition) is 0. The van der Waals surface area contributed by atoms with Crippen molar-refractivity contribution in [2.75, 3.05) is 13.2 Å². The molecule has 0 saturated carbocycles. The van der Waals surface area contributed by atoms with Crippen LogP contribution in [0.3, 0.4) is 0 Å². The van der Waals surface area contributed by atoms with Gasteiger partial charge in [0.05, 0.1) is 35.9 Å². The molecule has 1 rings (SSSR count). The summed E-state index contributed by atoms with van der Waals surface area (Å²) in [6.07, 6.45) is 10.8. The quantitative estimate of drug-likeness (QED) is 0.0892. The molecule has 0 aliphatic rings. The zero-order valence-electron chi connectivity index (χ0n) is 27.7. The van der Waals surface area contributed by atoms with E-state index in [2.05, 4.69) is 6.07 Å². The van der Waals surface area contributed by atoms with Crippen molar-refractivity contribution in [2.45, 2.75) is 142 Å². The van der Waals surface area contributed by atoms with E-state index in [1.807, 2.05) is 59.7 Å². The zero-order chi connectivity index (χ0) is 32.4. The van der Waals surface area contributed by atoms with Crippen molar-refractivity contribution in [3.63, 3.8) is 0 Å². The Kier molecular flexibility index (Phi) is 17.1. The molecule has 0 N–H and O–H groups in total. The predicted molar refractivity (Wildman–Crippen MR) is 173 cm³/mol. The highest BCUT2D eigenvalue weighted by Gasteiger charge is 2.43. The van der Waals surface area contributed by atoms with Crippen LogP contribution in [-0.2, 0) is 34.7 Å². The number of rotatable bonds is 23. The molecule has 7 nitrogen and oxygen atoms in total. The highest BCUT2D eigenvalue weighted by molar-refractivity contribution is 7.92. The third-order valence-electron chi connectivity index (χ3n) is 8.42. The molecular weight excluding hydrogens is 562 g/mol. The fourth-order valence-electron chi connectivity index (χ4n) is 5.42. The maximum atomic E-state index is 13.7. The van der Waals surface area contributed by atoms with Crippen LogP contribution < -0.4 is 0 Å².